The molecule has 4 nitrogen and oxygen atoms in total. The van der Waals surface area contributed by atoms with Crippen molar-refractivity contribution in [2.45, 2.75) is 13.5 Å². The molecule has 0 aliphatic rings. The number of nitrogen functional groups attached to an aromatic ring is 1. The van der Waals surface area contributed by atoms with Crippen LogP contribution in [0.1, 0.15) is 11.3 Å². The number of ether oxygens (including phenoxy) is 1. The predicted molar refractivity (Wildman–Crippen MR) is 76.2 cm³/mol. The number of aromatic nitrogens is 2. The zero-order valence-electron chi connectivity index (χ0n) is 9.77. The summed E-state index contributed by atoms with van der Waals surface area (Å²) in [5, 5.41) is 4.40. The fourth-order valence-corrected chi connectivity index (χ4v) is 1.99. The first kappa shape index (κ1) is 12.2. The summed E-state index contributed by atoms with van der Waals surface area (Å²) < 4.78 is 7.96. The first-order chi connectivity index (χ1) is 8.11. The Bertz CT molecular complexity index is 519. The smallest absolute Gasteiger partial charge is 0.135 e. The van der Waals surface area contributed by atoms with Crippen LogP contribution < -0.4 is 10.5 Å². The van der Waals surface area contributed by atoms with Crippen molar-refractivity contribution in [1.29, 1.82) is 0 Å². The fourth-order valence-electron chi connectivity index (χ4n) is 1.60. The van der Waals surface area contributed by atoms with Crippen LogP contribution in [0, 0.1) is 10.5 Å². The van der Waals surface area contributed by atoms with Gasteiger partial charge in [-0.3, -0.25) is 0 Å². The van der Waals surface area contributed by atoms with Gasteiger partial charge in [0.25, 0.3) is 0 Å². The van der Waals surface area contributed by atoms with Gasteiger partial charge >= 0.3 is 0 Å². The molecule has 0 atom stereocenters. The van der Waals surface area contributed by atoms with Crippen LogP contribution >= 0.6 is 22.6 Å². The third-order valence-corrected chi connectivity index (χ3v) is 3.92. The average Bonchev–Trinajstić information content (AvgIpc) is 2.58. The van der Waals surface area contributed by atoms with Crippen LogP contribution in [0.2, 0.25) is 0 Å². The third kappa shape index (κ3) is 2.54. The van der Waals surface area contributed by atoms with Gasteiger partial charge in [0, 0.05) is 0 Å². The first-order valence-corrected chi connectivity index (χ1v) is 6.31. The Kier molecular flexibility index (Phi) is 3.56. The van der Waals surface area contributed by atoms with Gasteiger partial charge < -0.3 is 10.5 Å². The lowest BCUT2D eigenvalue weighted by atomic mass is 10.2. The van der Waals surface area contributed by atoms with E-state index in [4.69, 9.17) is 10.5 Å². The van der Waals surface area contributed by atoms with Gasteiger partial charge in [0.2, 0.25) is 0 Å². The highest BCUT2D eigenvalue weighted by Crippen LogP contribution is 2.20. The van der Waals surface area contributed by atoms with Gasteiger partial charge in [0.1, 0.15) is 11.6 Å². The van der Waals surface area contributed by atoms with Crippen molar-refractivity contribution in [3.05, 3.63) is 39.1 Å². The molecular formula is C12H14IN3O. The van der Waals surface area contributed by atoms with E-state index in [-0.39, 0.29) is 0 Å². The van der Waals surface area contributed by atoms with Gasteiger partial charge in [-0.2, -0.15) is 5.10 Å². The first-order valence-electron chi connectivity index (χ1n) is 5.23. The highest BCUT2D eigenvalue weighted by Gasteiger charge is 2.09. The van der Waals surface area contributed by atoms with Gasteiger partial charge in [-0.05, 0) is 47.2 Å². The Morgan fingerprint density at radius 2 is 2.00 bits per heavy atom. The Labute approximate surface area is 114 Å². The van der Waals surface area contributed by atoms with Crippen molar-refractivity contribution in [2.75, 3.05) is 12.8 Å². The largest absolute Gasteiger partial charge is 0.497 e. The van der Waals surface area contributed by atoms with E-state index >= 15 is 0 Å². The third-order valence-electron chi connectivity index (χ3n) is 2.58. The van der Waals surface area contributed by atoms with Gasteiger partial charge in [-0.25, -0.2) is 4.68 Å². The van der Waals surface area contributed by atoms with Gasteiger partial charge in [-0.1, -0.05) is 12.1 Å². The highest BCUT2D eigenvalue weighted by atomic mass is 127. The number of anilines is 1. The fraction of sp³-hybridized carbons (Fsp3) is 0.250. The molecule has 0 saturated heterocycles. The number of hydrogen-bond acceptors (Lipinski definition) is 3. The quantitative estimate of drug-likeness (QED) is 0.871. The summed E-state index contributed by atoms with van der Waals surface area (Å²) in [6.45, 7) is 2.64. The molecule has 0 aliphatic carbocycles. The minimum atomic E-state index is 0.680. The van der Waals surface area contributed by atoms with E-state index in [9.17, 15) is 0 Å². The van der Waals surface area contributed by atoms with Crippen molar-refractivity contribution in [3.63, 3.8) is 0 Å². The summed E-state index contributed by atoms with van der Waals surface area (Å²) in [5.41, 5.74) is 8.09. The molecule has 2 aromatic rings. The molecule has 0 aliphatic heterocycles. The number of halogens is 1. The molecule has 2 rings (SSSR count). The second-order valence-electron chi connectivity index (χ2n) is 3.79. The number of hydrogen-bond donors (Lipinski definition) is 1. The van der Waals surface area contributed by atoms with Crippen LogP contribution in [0.25, 0.3) is 0 Å². The lowest BCUT2D eigenvalue weighted by Gasteiger charge is -2.05. The van der Waals surface area contributed by atoms with Gasteiger partial charge in [0.15, 0.2) is 0 Å². The van der Waals surface area contributed by atoms with Crippen molar-refractivity contribution >= 4 is 28.4 Å². The van der Waals surface area contributed by atoms with Crippen LogP contribution in [0.4, 0.5) is 5.82 Å². The van der Waals surface area contributed by atoms with E-state index in [0.29, 0.717) is 6.54 Å². The van der Waals surface area contributed by atoms with Crippen molar-refractivity contribution in [3.8, 4) is 5.75 Å². The topological polar surface area (TPSA) is 53.1 Å². The van der Waals surface area contributed by atoms with Crippen LogP contribution in [-0.2, 0) is 6.54 Å². The van der Waals surface area contributed by atoms with Crippen molar-refractivity contribution in [1.82, 2.24) is 9.78 Å². The Morgan fingerprint density at radius 1 is 1.35 bits per heavy atom. The van der Waals surface area contributed by atoms with E-state index in [0.717, 1.165) is 26.4 Å². The van der Waals surface area contributed by atoms with E-state index in [2.05, 4.69) is 27.7 Å². The molecule has 0 bridgehead atoms. The molecule has 17 heavy (non-hydrogen) atoms. The molecule has 1 aromatic heterocycles. The zero-order chi connectivity index (χ0) is 12.4. The molecule has 0 amide bonds. The van der Waals surface area contributed by atoms with Crippen LogP contribution in [0.5, 0.6) is 5.75 Å². The number of nitrogens with zero attached hydrogens (tertiary/aromatic N) is 2. The predicted octanol–water partition coefficient (Wildman–Crippen LogP) is 2.44. The molecule has 1 aromatic carbocycles. The lowest BCUT2D eigenvalue weighted by Crippen LogP contribution is -2.06. The summed E-state index contributed by atoms with van der Waals surface area (Å²) in [6.07, 6.45) is 0. The summed E-state index contributed by atoms with van der Waals surface area (Å²) in [4.78, 5) is 0. The normalized spacial score (nSPS) is 10.5. The maximum Gasteiger partial charge on any atom is 0.135 e. The number of aryl methyl sites for hydroxylation is 1. The van der Waals surface area contributed by atoms with E-state index < -0.39 is 0 Å². The average molecular weight is 343 g/mol. The molecule has 0 unspecified atom stereocenters. The minimum Gasteiger partial charge on any atom is -0.497 e. The van der Waals surface area contributed by atoms with Gasteiger partial charge in [-0.15, -0.1) is 0 Å². The van der Waals surface area contributed by atoms with Crippen molar-refractivity contribution in [2.24, 2.45) is 0 Å². The molecule has 1 heterocycles. The lowest BCUT2D eigenvalue weighted by molar-refractivity contribution is 0.414. The zero-order valence-corrected chi connectivity index (χ0v) is 11.9. The van der Waals surface area contributed by atoms with E-state index in [1.54, 1.807) is 7.11 Å². The molecule has 90 valence electrons. The molecular weight excluding hydrogens is 329 g/mol. The molecule has 0 saturated carbocycles. The summed E-state index contributed by atoms with van der Waals surface area (Å²) in [6, 6.07) is 7.91. The SMILES string of the molecule is COc1ccc(Cn2nc(C)c(I)c2N)cc1. The minimum absolute atomic E-state index is 0.680. The number of methoxy groups -OCH3 is 1. The number of nitrogens with two attached hydrogens (primary N) is 1. The van der Waals surface area contributed by atoms with Crippen molar-refractivity contribution < 1.29 is 4.74 Å². The standard InChI is InChI=1S/C12H14IN3O/c1-8-11(13)12(14)16(15-8)7-9-3-5-10(17-2)6-4-9/h3-6H,7,14H2,1-2H3. The summed E-state index contributed by atoms with van der Waals surface area (Å²) in [5.74, 6) is 1.58. The van der Waals surface area contributed by atoms with Gasteiger partial charge in [0.05, 0.1) is 22.9 Å². The Morgan fingerprint density at radius 3 is 2.47 bits per heavy atom. The molecule has 0 spiro atoms. The summed E-state index contributed by atoms with van der Waals surface area (Å²) in [7, 11) is 1.66. The number of rotatable bonds is 3. The summed E-state index contributed by atoms with van der Waals surface area (Å²) >= 11 is 2.22. The second-order valence-corrected chi connectivity index (χ2v) is 4.87. The second kappa shape index (κ2) is 4.95. The Balaban J connectivity index is 2.22. The monoisotopic (exact) mass is 343 g/mol. The maximum atomic E-state index is 5.98. The van der Waals surface area contributed by atoms with E-state index in [1.165, 1.54) is 0 Å². The highest BCUT2D eigenvalue weighted by molar-refractivity contribution is 14.1. The van der Waals surface area contributed by atoms with Crippen LogP contribution in [0.3, 0.4) is 0 Å². The number of benzene rings is 1. The molecule has 0 fully saturated rings. The molecule has 2 N–H and O–H groups in total. The molecule has 5 heteroatoms. The van der Waals surface area contributed by atoms with Crippen LogP contribution in [0.15, 0.2) is 24.3 Å². The van der Waals surface area contributed by atoms with Crippen LogP contribution in [-0.4, -0.2) is 16.9 Å². The molecule has 0 radical (unpaired) electrons. The van der Waals surface area contributed by atoms with E-state index in [1.807, 2.05) is 35.9 Å². The Hall–Kier alpha value is -1.24. The maximum absolute atomic E-state index is 5.98.